The van der Waals surface area contributed by atoms with Gasteiger partial charge in [-0.3, -0.25) is 4.90 Å². The van der Waals surface area contributed by atoms with E-state index in [4.69, 9.17) is 4.74 Å². The van der Waals surface area contributed by atoms with Gasteiger partial charge in [0.1, 0.15) is 18.5 Å². The second-order valence-electron chi connectivity index (χ2n) is 4.68. The lowest BCUT2D eigenvalue weighted by molar-refractivity contribution is 0.0703. The van der Waals surface area contributed by atoms with Crippen LogP contribution in [0.25, 0.3) is 0 Å². The molecule has 0 aliphatic carbocycles. The molecule has 4 nitrogen and oxygen atoms in total. The Morgan fingerprint density at radius 1 is 1.22 bits per heavy atom. The highest BCUT2D eigenvalue weighted by atomic mass is 16.5. The summed E-state index contributed by atoms with van der Waals surface area (Å²) in [5, 5.41) is 13.3. The molecule has 1 aliphatic rings. The molecule has 1 fully saturated rings. The smallest absolute Gasteiger partial charge is 0.119 e. The van der Waals surface area contributed by atoms with E-state index in [1.807, 2.05) is 30.3 Å². The van der Waals surface area contributed by atoms with E-state index in [0.717, 1.165) is 38.3 Å². The van der Waals surface area contributed by atoms with Crippen molar-refractivity contribution in [3.8, 4) is 5.75 Å². The Balaban J connectivity index is 1.69. The first-order valence-electron chi connectivity index (χ1n) is 6.63. The lowest BCUT2D eigenvalue weighted by atomic mass is 10.3. The number of para-hydroxylation sites is 1. The van der Waals surface area contributed by atoms with Crippen molar-refractivity contribution < 1.29 is 9.84 Å². The third-order valence-corrected chi connectivity index (χ3v) is 3.09. The average molecular weight is 250 g/mol. The Kier molecular flexibility index (Phi) is 5.45. The summed E-state index contributed by atoms with van der Waals surface area (Å²) in [4.78, 5) is 2.29. The summed E-state index contributed by atoms with van der Waals surface area (Å²) >= 11 is 0. The van der Waals surface area contributed by atoms with E-state index < -0.39 is 6.10 Å². The molecule has 0 bridgehead atoms. The van der Waals surface area contributed by atoms with Crippen molar-refractivity contribution in [1.29, 1.82) is 0 Å². The lowest BCUT2D eigenvalue weighted by Gasteiger charge is -2.22. The number of aliphatic hydroxyl groups is 1. The number of hydrogen-bond donors (Lipinski definition) is 2. The quantitative estimate of drug-likeness (QED) is 0.808. The largest absolute Gasteiger partial charge is 0.491 e. The third kappa shape index (κ3) is 4.64. The maximum atomic E-state index is 9.97. The molecule has 18 heavy (non-hydrogen) atoms. The molecule has 1 aromatic carbocycles. The molecule has 0 unspecified atom stereocenters. The maximum absolute atomic E-state index is 9.97. The van der Waals surface area contributed by atoms with Crippen molar-refractivity contribution in [3.63, 3.8) is 0 Å². The van der Waals surface area contributed by atoms with E-state index in [1.54, 1.807) is 0 Å². The lowest BCUT2D eigenvalue weighted by Crippen LogP contribution is -2.37. The molecule has 1 heterocycles. The van der Waals surface area contributed by atoms with Gasteiger partial charge in [-0.2, -0.15) is 0 Å². The number of aliphatic hydroxyl groups excluding tert-OH is 1. The van der Waals surface area contributed by atoms with E-state index in [2.05, 4.69) is 10.2 Å². The molecular weight excluding hydrogens is 228 g/mol. The molecule has 0 radical (unpaired) electrons. The summed E-state index contributed by atoms with van der Waals surface area (Å²) in [7, 11) is 0. The van der Waals surface area contributed by atoms with Gasteiger partial charge in [-0.1, -0.05) is 18.2 Å². The molecule has 0 saturated carbocycles. The SMILES string of the molecule is O[C@@H](COc1ccccc1)CN1CCCNCC1. The standard InChI is InChI=1S/C14H22N2O2/c17-13(11-16-9-4-7-15-8-10-16)12-18-14-5-2-1-3-6-14/h1-3,5-6,13,15,17H,4,7-12H2/t13-/m1/s1. The summed E-state index contributed by atoms with van der Waals surface area (Å²) in [5.41, 5.74) is 0. The molecule has 1 aliphatic heterocycles. The second-order valence-corrected chi connectivity index (χ2v) is 4.68. The fourth-order valence-corrected chi connectivity index (χ4v) is 2.14. The number of nitrogens with one attached hydrogen (secondary N) is 1. The predicted octanol–water partition coefficient (Wildman–Crippen LogP) is 0.722. The molecule has 0 amide bonds. The Morgan fingerprint density at radius 3 is 2.89 bits per heavy atom. The fraction of sp³-hybridized carbons (Fsp3) is 0.571. The summed E-state index contributed by atoms with van der Waals surface area (Å²) < 4.78 is 5.55. The third-order valence-electron chi connectivity index (χ3n) is 3.09. The van der Waals surface area contributed by atoms with Crippen LogP contribution in [-0.4, -0.2) is 55.4 Å². The molecule has 1 aromatic rings. The van der Waals surface area contributed by atoms with Crippen molar-refractivity contribution in [1.82, 2.24) is 10.2 Å². The van der Waals surface area contributed by atoms with Crippen LogP contribution in [0.4, 0.5) is 0 Å². The van der Waals surface area contributed by atoms with Crippen LogP contribution in [0.5, 0.6) is 5.75 Å². The first-order valence-corrected chi connectivity index (χ1v) is 6.63. The zero-order valence-electron chi connectivity index (χ0n) is 10.7. The average Bonchev–Trinajstić information content (AvgIpc) is 2.66. The van der Waals surface area contributed by atoms with Crippen molar-refractivity contribution in [2.24, 2.45) is 0 Å². The number of ether oxygens (including phenoxy) is 1. The molecule has 0 spiro atoms. The Labute approximate surface area is 109 Å². The minimum absolute atomic E-state index is 0.355. The van der Waals surface area contributed by atoms with Crippen LogP contribution in [0.15, 0.2) is 30.3 Å². The van der Waals surface area contributed by atoms with Crippen LogP contribution in [0.2, 0.25) is 0 Å². The topological polar surface area (TPSA) is 44.7 Å². The fourth-order valence-electron chi connectivity index (χ4n) is 2.14. The van der Waals surface area contributed by atoms with Crippen LogP contribution < -0.4 is 10.1 Å². The molecule has 2 rings (SSSR count). The van der Waals surface area contributed by atoms with Crippen LogP contribution in [0.3, 0.4) is 0 Å². The van der Waals surface area contributed by atoms with Gasteiger partial charge in [0.25, 0.3) is 0 Å². The molecule has 1 atom stereocenters. The molecule has 0 aromatic heterocycles. The van der Waals surface area contributed by atoms with Crippen molar-refractivity contribution in [3.05, 3.63) is 30.3 Å². The zero-order chi connectivity index (χ0) is 12.6. The summed E-state index contributed by atoms with van der Waals surface area (Å²) in [6, 6.07) is 9.63. The molecule has 2 N–H and O–H groups in total. The number of nitrogens with zero attached hydrogens (tertiary/aromatic N) is 1. The van der Waals surface area contributed by atoms with Crippen LogP contribution >= 0.6 is 0 Å². The number of rotatable bonds is 5. The van der Waals surface area contributed by atoms with Gasteiger partial charge in [0.05, 0.1) is 0 Å². The molecule has 1 saturated heterocycles. The van der Waals surface area contributed by atoms with Crippen molar-refractivity contribution >= 4 is 0 Å². The van der Waals surface area contributed by atoms with Gasteiger partial charge in [0.15, 0.2) is 0 Å². The van der Waals surface area contributed by atoms with Crippen LogP contribution in [0, 0.1) is 0 Å². The van der Waals surface area contributed by atoms with Crippen LogP contribution in [0.1, 0.15) is 6.42 Å². The second kappa shape index (κ2) is 7.36. The van der Waals surface area contributed by atoms with Crippen molar-refractivity contribution in [2.45, 2.75) is 12.5 Å². The normalized spacial score (nSPS) is 19.2. The highest BCUT2D eigenvalue weighted by Gasteiger charge is 2.13. The summed E-state index contributed by atoms with van der Waals surface area (Å²) in [6.07, 6.45) is 0.718. The molecule has 4 heteroatoms. The van der Waals surface area contributed by atoms with E-state index in [0.29, 0.717) is 13.2 Å². The van der Waals surface area contributed by atoms with E-state index in [1.165, 1.54) is 0 Å². The van der Waals surface area contributed by atoms with Gasteiger partial charge in [0.2, 0.25) is 0 Å². The molecule has 100 valence electrons. The first-order chi connectivity index (χ1) is 8.84. The number of hydrogen-bond acceptors (Lipinski definition) is 4. The highest BCUT2D eigenvalue weighted by Crippen LogP contribution is 2.09. The van der Waals surface area contributed by atoms with Gasteiger partial charge in [-0.15, -0.1) is 0 Å². The van der Waals surface area contributed by atoms with E-state index in [9.17, 15) is 5.11 Å². The van der Waals surface area contributed by atoms with Crippen LogP contribution in [-0.2, 0) is 0 Å². The summed E-state index contributed by atoms with van der Waals surface area (Å²) in [6.45, 7) is 5.18. The Hall–Kier alpha value is -1.10. The van der Waals surface area contributed by atoms with Gasteiger partial charge in [0, 0.05) is 19.6 Å². The van der Waals surface area contributed by atoms with Gasteiger partial charge < -0.3 is 15.2 Å². The first kappa shape index (κ1) is 13.3. The van der Waals surface area contributed by atoms with Gasteiger partial charge >= 0.3 is 0 Å². The zero-order valence-corrected chi connectivity index (χ0v) is 10.7. The predicted molar refractivity (Wildman–Crippen MR) is 71.9 cm³/mol. The Bertz CT molecular complexity index is 324. The minimum Gasteiger partial charge on any atom is -0.491 e. The number of benzene rings is 1. The van der Waals surface area contributed by atoms with Gasteiger partial charge in [-0.05, 0) is 31.6 Å². The summed E-state index contributed by atoms with van der Waals surface area (Å²) in [5.74, 6) is 0.814. The highest BCUT2D eigenvalue weighted by molar-refractivity contribution is 5.20. The monoisotopic (exact) mass is 250 g/mol. The maximum Gasteiger partial charge on any atom is 0.119 e. The minimum atomic E-state index is -0.427. The Morgan fingerprint density at radius 2 is 2.06 bits per heavy atom. The molecular formula is C14H22N2O2. The number of β-amino-alcohol motifs (C(OH)–C–C–N with tert-alkyl or cyclic N) is 1. The van der Waals surface area contributed by atoms with E-state index >= 15 is 0 Å². The van der Waals surface area contributed by atoms with E-state index in [-0.39, 0.29) is 0 Å². The van der Waals surface area contributed by atoms with Crippen molar-refractivity contribution in [2.75, 3.05) is 39.3 Å². The van der Waals surface area contributed by atoms with Gasteiger partial charge in [-0.25, -0.2) is 0 Å².